The van der Waals surface area contributed by atoms with E-state index >= 15 is 0 Å². The lowest BCUT2D eigenvalue weighted by Crippen LogP contribution is -2.33. The van der Waals surface area contributed by atoms with Gasteiger partial charge in [-0.1, -0.05) is 13.8 Å². The zero-order valence-corrected chi connectivity index (χ0v) is 9.38. The van der Waals surface area contributed by atoms with Crippen LogP contribution in [0.25, 0.3) is 0 Å². The molecule has 0 aliphatic heterocycles. The van der Waals surface area contributed by atoms with Gasteiger partial charge in [0, 0.05) is 19.0 Å². The van der Waals surface area contributed by atoms with Crippen LogP contribution < -0.4 is 0 Å². The highest BCUT2D eigenvalue weighted by molar-refractivity contribution is 4.74. The van der Waals surface area contributed by atoms with Crippen molar-refractivity contribution in [2.75, 3.05) is 13.1 Å². The zero-order chi connectivity index (χ0) is 10.3. The second-order valence-corrected chi connectivity index (χ2v) is 4.22. The third kappa shape index (κ3) is 6.60. The van der Waals surface area contributed by atoms with Gasteiger partial charge >= 0.3 is 0 Å². The van der Waals surface area contributed by atoms with Crippen LogP contribution in [0.2, 0.25) is 0 Å². The van der Waals surface area contributed by atoms with E-state index in [0.717, 1.165) is 19.0 Å². The topological polar surface area (TPSA) is 27.0 Å². The maximum atomic E-state index is 8.50. The van der Waals surface area contributed by atoms with Gasteiger partial charge in [0.05, 0.1) is 6.07 Å². The quantitative estimate of drug-likeness (QED) is 0.631. The van der Waals surface area contributed by atoms with Gasteiger partial charge in [-0.3, -0.25) is 4.90 Å². The van der Waals surface area contributed by atoms with E-state index in [9.17, 15) is 0 Å². The van der Waals surface area contributed by atoms with Crippen LogP contribution in [0.4, 0.5) is 0 Å². The van der Waals surface area contributed by atoms with Crippen molar-refractivity contribution in [3.8, 4) is 6.07 Å². The molecule has 0 bridgehead atoms. The number of nitrogens with zero attached hydrogens (tertiary/aromatic N) is 2. The van der Waals surface area contributed by atoms with Crippen molar-refractivity contribution in [2.45, 2.75) is 46.6 Å². The minimum Gasteiger partial charge on any atom is -0.300 e. The van der Waals surface area contributed by atoms with E-state index in [0.29, 0.717) is 12.5 Å². The summed E-state index contributed by atoms with van der Waals surface area (Å²) in [6.07, 6.45) is 1.87. The fourth-order valence-corrected chi connectivity index (χ4v) is 1.25. The Hall–Kier alpha value is -0.550. The Morgan fingerprint density at radius 3 is 2.15 bits per heavy atom. The lowest BCUT2D eigenvalue weighted by molar-refractivity contribution is 0.214. The molecule has 0 aromatic carbocycles. The Morgan fingerprint density at radius 2 is 1.77 bits per heavy atom. The van der Waals surface area contributed by atoms with E-state index in [4.69, 9.17) is 5.26 Å². The van der Waals surface area contributed by atoms with Gasteiger partial charge in [-0.15, -0.1) is 0 Å². The van der Waals surface area contributed by atoms with E-state index in [1.165, 1.54) is 6.42 Å². The number of hydrogen-bond donors (Lipinski definition) is 0. The summed E-state index contributed by atoms with van der Waals surface area (Å²) in [5.41, 5.74) is 0. The van der Waals surface area contributed by atoms with Gasteiger partial charge in [-0.2, -0.15) is 5.26 Å². The van der Waals surface area contributed by atoms with Crippen molar-refractivity contribution in [1.29, 1.82) is 5.26 Å². The van der Waals surface area contributed by atoms with E-state index < -0.39 is 0 Å². The monoisotopic (exact) mass is 182 g/mol. The number of hydrogen-bond acceptors (Lipinski definition) is 2. The van der Waals surface area contributed by atoms with Crippen molar-refractivity contribution >= 4 is 0 Å². The summed E-state index contributed by atoms with van der Waals surface area (Å²) in [5.74, 6) is 0.753. The van der Waals surface area contributed by atoms with Crippen LogP contribution in [0, 0.1) is 17.2 Å². The zero-order valence-electron chi connectivity index (χ0n) is 9.38. The maximum Gasteiger partial charge on any atom is 0.0635 e. The summed E-state index contributed by atoms with van der Waals surface area (Å²) in [5, 5.41) is 8.50. The first-order valence-corrected chi connectivity index (χ1v) is 5.19. The maximum absolute atomic E-state index is 8.50. The third-order valence-corrected chi connectivity index (χ3v) is 2.23. The Morgan fingerprint density at radius 1 is 1.15 bits per heavy atom. The summed E-state index contributed by atoms with van der Waals surface area (Å²) in [7, 11) is 0. The van der Waals surface area contributed by atoms with Crippen LogP contribution in [0.3, 0.4) is 0 Å². The highest BCUT2D eigenvalue weighted by Crippen LogP contribution is 2.06. The minimum atomic E-state index is 0.562. The van der Waals surface area contributed by atoms with E-state index in [1.54, 1.807) is 0 Å². The molecule has 0 fully saturated rings. The number of nitriles is 1. The van der Waals surface area contributed by atoms with Crippen molar-refractivity contribution in [3.05, 3.63) is 0 Å². The van der Waals surface area contributed by atoms with Gasteiger partial charge in [0.15, 0.2) is 0 Å². The van der Waals surface area contributed by atoms with Gasteiger partial charge in [0.1, 0.15) is 0 Å². The Balaban J connectivity index is 3.75. The molecule has 0 N–H and O–H groups in total. The summed E-state index contributed by atoms with van der Waals surface area (Å²) in [6.45, 7) is 10.9. The van der Waals surface area contributed by atoms with Crippen LogP contribution in [-0.2, 0) is 0 Å². The molecule has 0 atom stereocenters. The fraction of sp³-hybridized carbons (Fsp3) is 0.909. The molecule has 0 aliphatic carbocycles. The van der Waals surface area contributed by atoms with Crippen LogP contribution in [0.1, 0.15) is 40.5 Å². The van der Waals surface area contributed by atoms with Crippen LogP contribution >= 0.6 is 0 Å². The first-order valence-electron chi connectivity index (χ1n) is 5.19. The van der Waals surface area contributed by atoms with Crippen molar-refractivity contribution in [3.63, 3.8) is 0 Å². The lowest BCUT2D eigenvalue weighted by atomic mass is 10.1. The lowest BCUT2D eigenvalue weighted by Gasteiger charge is -2.26. The molecule has 0 aliphatic rings. The second-order valence-electron chi connectivity index (χ2n) is 4.22. The molecule has 2 nitrogen and oxygen atoms in total. The van der Waals surface area contributed by atoms with Gasteiger partial charge in [0.2, 0.25) is 0 Å². The van der Waals surface area contributed by atoms with E-state index in [2.05, 4.69) is 38.7 Å². The third-order valence-electron chi connectivity index (χ3n) is 2.23. The molecule has 0 aromatic rings. The molecule has 0 amide bonds. The summed E-state index contributed by atoms with van der Waals surface area (Å²) in [4.78, 5) is 2.38. The predicted octanol–water partition coefficient (Wildman–Crippen LogP) is 2.66. The predicted molar refractivity (Wildman–Crippen MR) is 56.4 cm³/mol. The van der Waals surface area contributed by atoms with Gasteiger partial charge in [-0.05, 0) is 32.7 Å². The second kappa shape index (κ2) is 6.91. The first kappa shape index (κ1) is 12.4. The van der Waals surface area contributed by atoms with Crippen LogP contribution in [0.15, 0.2) is 0 Å². The van der Waals surface area contributed by atoms with Crippen molar-refractivity contribution in [1.82, 2.24) is 4.90 Å². The Bertz CT molecular complexity index is 156. The number of rotatable bonds is 6. The molecule has 76 valence electrons. The normalized spacial score (nSPS) is 11.2. The van der Waals surface area contributed by atoms with Crippen molar-refractivity contribution < 1.29 is 0 Å². The summed E-state index contributed by atoms with van der Waals surface area (Å²) in [6, 6.07) is 2.76. The molecular formula is C11H22N2. The molecule has 0 rings (SSSR count). The highest BCUT2D eigenvalue weighted by Gasteiger charge is 2.08. The molecule has 0 saturated carbocycles. The molecule has 0 heterocycles. The smallest absolute Gasteiger partial charge is 0.0635 e. The van der Waals surface area contributed by atoms with Crippen molar-refractivity contribution in [2.24, 2.45) is 5.92 Å². The average Bonchev–Trinajstić information content (AvgIpc) is 2.03. The summed E-state index contributed by atoms with van der Waals surface area (Å²) >= 11 is 0. The highest BCUT2D eigenvalue weighted by atomic mass is 15.1. The van der Waals surface area contributed by atoms with Gasteiger partial charge in [-0.25, -0.2) is 0 Å². The molecule has 0 unspecified atom stereocenters. The molecule has 0 radical (unpaired) electrons. The van der Waals surface area contributed by atoms with Gasteiger partial charge < -0.3 is 0 Å². The Kier molecular flexibility index (Phi) is 6.62. The molecule has 0 saturated heterocycles. The van der Waals surface area contributed by atoms with E-state index in [1.807, 2.05) is 0 Å². The summed E-state index contributed by atoms with van der Waals surface area (Å²) < 4.78 is 0. The molecular weight excluding hydrogens is 160 g/mol. The Labute approximate surface area is 82.5 Å². The minimum absolute atomic E-state index is 0.562. The molecule has 13 heavy (non-hydrogen) atoms. The standard InChI is InChI=1S/C11H22N2/c1-10(2)6-9-13(11(3)4)8-5-7-12/h10-11H,5-6,8-9H2,1-4H3. The van der Waals surface area contributed by atoms with Gasteiger partial charge in [0.25, 0.3) is 0 Å². The largest absolute Gasteiger partial charge is 0.300 e. The SMILES string of the molecule is CC(C)CCN(CCC#N)C(C)C. The van der Waals surface area contributed by atoms with E-state index in [-0.39, 0.29) is 0 Å². The molecule has 0 aromatic heterocycles. The van der Waals surface area contributed by atoms with Crippen LogP contribution in [-0.4, -0.2) is 24.0 Å². The van der Waals surface area contributed by atoms with Crippen LogP contribution in [0.5, 0.6) is 0 Å². The first-order chi connectivity index (χ1) is 6.07. The molecule has 0 spiro atoms. The fourth-order valence-electron chi connectivity index (χ4n) is 1.25. The molecule has 2 heteroatoms. The average molecular weight is 182 g/mol.